The third kappa shape index (κ3) is 6.95. The molecule has 176 valence electrons. The fourth-order valence-electron chi connectivity index (χ4n) is 4.25. The number of nitrogens with one attached hydrogen (secondary N) is 2. The topological polar surface area (TPSA) is 86.3 Å². The van der Waals surface area contributed by atoms with Crippen LogP contribution < -0.4 is 10.6 Å². The van der Waals surface area contributed by atoms with Crippen LogP contribution in [0.1, 0.15) is 36.8 Å². The van der Waals surface area contributed by atoms with Gasteiger partial charge in [0.2, 0.25) is 11.8 Å². The molecule has 1 aromatic carbocycles. The van der Waals surface area contributed by atoms with Gasteiger partial charge in [0.05, 0.1) is 13.0 Å². The smallest absolute Gasteiger partial charge is 0.243 e. The van der Waals surface area contributed by atoms with Gasteiger partial charge in [-0.25, -0.2) is 4.99 Å². The van der Waals surface area contributed by atoms with Crippen molar-refractivity contribution in [1.29, 1.82) is 0 Å². The van der Waals surface area contributed by atoms with Crippen LogP contribution >= 0.6 is 0 Å². The molecule has 8 nitrogen and oxygen atoms in total. The Morgan fingerprint density at radius 1 is 1.09 bits per heavy atom. The molecule has 1 saturated heterocycles. The lowest BCUT2D eigenvalue weighted by Crippen LogP contribution is -2.52. The number of aryl methyl sites for hydroxylation is 1. The van der Waals surface area contributed by atoms with E-state index in [1.807, 2.05) is 4.90 Å². The van der Waals surface area contributed by atoms with Gasteiger partial charge in [-0.2, -0.15) is 0 Å². The number of aliphatic imine (C=N–C) groups is 1. The van der Waals surface area contributed by atoms with E-state index in [1.165, 1.54) is 11.1 Å². The first kappa shape index (κ1) is 24.0. The Labute approximate surface area is 191 Å². The fraction of sp³-hybridized carbons (Fsp3) is 0.625. The van der Waals surface area contributed by atoms with Crippen LogP contribution in [-0.4, -0.2) is 87.1 Å². The van der Waals surface area contributed by atoms with Crippen molar-refractivity contribution in [2.75, 3.05) is 47.4 Å². The number of piperidine rings is 1. The number of likely N-dealkylation sites (tertiary alicyclic amines) is 1. The molecule has 1 aliphatic heterocycles. The predicted octanol–water partition coefficient (Wildman–Crippen LogP) is 1.19. The average Bonchev–Trinajstić information content (AvgIpc) is 2.81. The van der Waals surface area contributed by atoms with Crippen LogP contribution in [0.5, 0.6) is 0 Å². The van der Waals surface area contributed by atoms with Crippen molar-refractivity contribution < 1.29 is 14.3 Å². The number of likely N-dealkylation sites (N-methyl/N-ethyl adjacent to an activating group) is 1. The number of ether oxygens (including phenoxy) is 1. The molecule has 0 radical (unpaired) electrons. The van der Waals surface area contributed by atoms with Gasteiger partial charge in [0.1, 0.15) is 6.54 Å². The summed E-state index contributed by atoms with van der Waals surface area (Å²) in [5.41, 5.74) is 2.80. The number of rotatable bonds is 7. The minimum absolute atomic E-state index is 0.0290. The lowest BCUT2D eigenvalue weighted by Gasteiger charge is -2.34. The van der Waals surface area contributed by atoms with Crippen LogP contribution in [-0.2, 0) is 27.2 Å². The van der Waals surface area contributed by atoms with Crippen molar-refractivity contribution in [2.24, 2.45) is 4.99 Å². The number of carbonyl (C=O) groups is 2. The number of carbonyl (C=O) groups excluding carboxylic acids is 2. The molecule has 1 atom stereocenters. The van der Waals surface area contributed by atoms with Crippen molar-refractivity contribution in [3.63, 3.8) is 0 Å². The average molecular weight is 444 g/mol. The SMILES string of the molecule is COCCC(=O)N1CCC(NC(=NCC(=O)N(C)C)NC2CCc3ccccc3C2)CC1. The maximum absolute atomic E-state index is 12.2. The van der Waals surface area contributed by atoms with Gasteiger partial charge in [0, 0.05) is 46.4 Å². The molecule has 0 aromatic heterocycles. The molecule has 0 spiro atoms. The van der Waals surface area contributed by atoms with Crippen molar-refractivity contribution in [3.8, 4) is 0 Å². The Morgan fingerprint density at radius 2 is 1.78 bits per heavy atom. The second-order valence-electron chi connectivity index (χ2n) is 8.85. The molecule has 2 aliphatic rings. The van der Waals surface area contributed by atoms with E-state index in [0.29, 0.717) is 19.0 Å². The molecule has 2 amide bonds. The molecule has 0 saturated carbocycles. The van der Waals surface area contributed by atoms with Gasteiger partial charge >= 0.3 is 0 Å². The summed E-state index contributed by atoms with van der Waals surface area (Å²) in [5, 5.41) is 7.10. The Kier molecular flexibility index (Phi) is 8.90. The highest BCUT2D eigenvalue weighted by molar-refractivity contribution is 5.85. The Hall–Kier alpha value is -2.61. The second-order valence-corrected chi connectivity index (χ2v) is 8.85. The first-order valence-corrected chi connectivity index (χ1v) is 11.6. The number of fused-ring (bicyclic) bond motifs is 1. The number of hydrogen-bond donors (Lipinski definition) is 2. The van der Waals surface area contributed by atoms with Crippen LogP contribution in [0.3, 0.4) is 0 Å². The van der Waals surface area contributed by atoms with Crippen LogP contribution in [0.2, 0.25) is 0 Å². The molecule has 1 unspecified atom stereocenters. The minimum atomic E-state index is -0.0290. The minimum Gasteiger partial charge on any atom is -0.384 e. The monoisotopic (exact) mass is 443 g/mol. The van der Waals surface area contributed by atoms with Crippen LogP contribution in [0.4, 0.5) is 0 Å². The third-order valence-corrected chi connectivity index (χ3v) is 6.27. The Balaban J connectivity index is 1.58. The number of hydrogen-bond acceptors (Lipinski definition) is 4. The number of guanidine groups is 1. The molecule has 1 aromatic rings. The van der Waals surface area contributed by atoms with Crippen LogP contribution in [0.15, 0.2) is 29.3 Å². The fourth-order valence-corrected chi connectivity index (χ4v) is 4.25. The summed E-state index contributed by atoms with van der Waals surface area (Å²) < 4.78 is 5.02. The van der Waals surface area contributed by atoms with Crippen LogP contribution in [0, 0.1) is 0 Å². The first-order valence-electron chi connectivity index (χ1n) is 11.6. The van der Waals surface area contributed by atoms with E-state index in [-0.39, 0.29) is 30.4 Å². The Bertz CT molecular complexity index is 803. The van der Waals surface area contributed by atoms with E-state index in [0.717, 1.165) is 45.2 Å². The van der Waals surface area contributed by atoms with E-state index in [1.54, 1.807) is 26.1 Å². The van der Waals surface area contributed by atoms with Gasteiger partial charge in [0.15, 0.2) is 5.96 Å². The van der Waals surface area contributed by atoms with Gasteiger partial charge in [-0.05, 0) is 43.2 Å². The number of amides is 2. The molecular formula is C24H37N5O3. The highest BCUT2D eigenvalue weighted by atomic mass is 16.5. The summed E-state index contributed by atoms with van der Waals surface area (Å²) in [4.78, 5) is 32.4. The summed E-state index contributed by atoms with van der Waals surface area (Å²) in [6, 6.07) is 9.08. The van der Waals surface area contributed by atoms with Crippen molar-refractivity contribution in [2.45, 2.75) is 50.6 Å². The zero-order valence-electron chi connectivity index (χ0n) is 19.6. The molecule has 3 rings (SSSR count). The summed E-state index contributed by atoms with van der Waals surface area (Å²) >= 11 is 0. The first-order chi connectivity index (χ1) is 15.5. The molecule has 1 aliphatic carbocycles. The second kappa shape index (κ2) is 11.9. The molecule has 1 heterocycles. The van der Waals surface area contributed by atoms with Gasteiger partial charge in [-0.3, -0.25) is 9.59 Å². The lowest BCUT2D eigenvalue weighted by molar-refractivity contribution is -0.133. The zero-order chi connectivity index (χ0) is 22.9. The molecule has 0 bridgehead atoms. The summed E-state index contributed by atoms with van der Waals surface area (Å²) in [5.74, 6) is 0.808. The van der Waals surface area contributed by atoms with E-state index in [4.69, 9.17) is 4.74 Å². The third-order valence-electron chi connectivity index (χ3n) is 6.27. The zero-order valence-corrected chi connectivity index (χ0v) is 19.6. The summed E-state index contributed by atoms with van der Waals surface area (Å²) in [7, 11) is 5.10. The van der Waals surface area contributed by atoms with Gasteiger partial charge in [0.25, 0.3) is 0 Å². The van der Waals surface area contributed by atoms with E-state index < -0.39 is 0 Å². The number of nitrogens with zero attached hydrogens (tertiary/aromatic N) is 3. The van der Waals surface area contributed by atoms with Gasteiger partial charge in [-0.1, -0.05) is 24.3 Å². The normalized spacial score (nSPS) is 19.3. The molecular weight excluding hydrogens is 406 g/mol. The van der Waals surface area contributed by atoms with E-state index in [2.05, 4.69) is 39.9 Å². The maximum Gasteiger partial charge on any atom is 0.243 e. The molecule has 32 heavy (non-hydrogen) atoms. The summed E-state index contributed by atoms with van der Waals surface area (Å²) in [6.45, 7) is 2.02. The maximum atomic E-state index is 12.2. The van der Waals surface area contributed by atoms with Crippen LogP contribution in [0.25, 0.3) is 0 Å². The highest BCUT2D eigenvalue weighted by Crippen LogP contribution is 2.21. The van der Waals surface area contributed by atoms with E-state index in [9.17, 15) is 9.59 Å². The van der Waals surface area contributed by atoms with Crippen molar-refractivity contribution in [1.82, 2.24) is 20.4 Å². The standard InChI is InChI=1S/C24H37N5O3/c1-28(2)23(31)17-25-24(27-21-9-8-18-6-4-5-7-19(18)16-21)26-20-10-13-29(14-11-20)22(30)12-15-32-3/h4-7,20-21H,8-17H2,1-3H3,(H2,25,26,27). The van der Waals surface area contributed by atoms with Crippen molar-refractivity contribution >= 4 is 17.8 Å². The van der Waals surface area contributed by atoms with Gasteiger partial charge in [-0.15, -0.1) is 0 Å². The summed E-state index contributed by atoms with van der Waals surface area (Å²) in [6.07, 6.45) is 5.16. The Morgan fingerprint density at radius 3 is 2.47 bits per heavy atom. The van der Waals surface area contributed by atoms with Gasteiger partial charge < -0.3 is 25.2 Å². The molecule has 2 N–H and O–H groups in total. The quantitative estimate of drug-likeness (QED) is 0.489. The lowest BCUT2D eigenvalue weighted by atomic mass is 9.88. The number of methoxy groups -OCH3 is 1. The largest absolute Gasteiger partial charge is 0.384 e. The van der Waals surface area contributed by atoms with E-state index >= 15 is 0 Å². The highest BCUT2D eigenvalue weighted by Gasteiger charge is 2.25. The predicted molar refractivity (Wildman–Crippen MR) is 126 cm³/mol. The number of benzene rings is 1. The molecule has 1 fully saturated rings. The van der Waals surface area contributed by atoms with Crippen molar-refractivity contribution in [3.05, 3.63) is 35.4 Å². The molecule has 8 heteroatoms.